The number of rotatable bonds is 11. The van der Waals surface area contributed by atoms with E-state index in [1.165, 1.54) is 0 Å². The number of benzene rings is 5. The number of aromatic nitrogens is 2. The fraction of sp³-hybridized carbons (Fsp3) is 0.268. The Labute approximate surface area is 421 Å². The fourth-order valence-corrected chi connectivity index (χ4v) is 11.1. The molecular formula is C56H53N9O8. The van der Waals surface area contributed by atoms with Gasteiger partial charge in [-0.2, -0.15) is 0 Å². The smallest absolute Gasteiger partial charge is 0.329 e. The number of hydrogen-bond donors (Lipinski definition) is 4. The number of anilines is 2. The molecule has 1 aromatic heterocycles. The van der Waals surface area contributed by atoms with Gasteiger partial charge in [0.2, 0.25) is 17.8 Å². The molecular weight excluding hydrogens is 927 g/mol. The number of piperazine rings is 1. The minimum Gasteiger partial charge on any atom is -0.491 e. The third kappa shape index (κ3) is 8.85. The van der Waals surface area contributed by atoms with E-state index in [-0.39, 0.29) is 49.8 Å². The van der Waals surface area contributed by atoms with Gasteiger partial charge in [0.1, 0.15) is 29.9 Å². The molecule has 0 aliphatic carbocycles. The summed E-state index contributed by atoms with van der Waals surface area (Å²) in [4.78, 5) is 91.5. The van der Waals surface area contributed by atoms with Crippen molar-refractivity contribution in [3.63, 3.8) is 0 Å². The van der Waals surface area contributed by atoms with Crippen LogP contribution in [0.15, 0.2) is 152 Å². The van der Waals surface area contributed by atoms with Crippen LogP contribution < -0.4 is 30.9 Å². The fourth-order valence-electron chi connectivity index (χ4n) is 11.1. The Bertz CT molecular complexity index is 3080. The molecule has 17 nitrogen and oxygen atoms in total. The van der Waals surface area contributed by atoms with Gasteiger partial charge in [-0.05, 0) is 59.5 Å². The number of carbonyl (C=O) groups is 5. The van der Waals surface area contributed by atoms with E-state index in [1.807, 2.05) is 108 Å². The number of esters is 1. The van der Waals surface area contributed by atoms with Gasteiger partial charge in [0.05, 0.1) is 42.9 Å². The van der Waals surface area contributed by atoms with Gasteiger partial charge < -0.3 is 40.7 Å². The number of primary amides is 1. The molecule has 73 heavy (non-hydrogen) atoms. The second-order valence-electron chi connectivity index (χ2n) is 18.2. The Morgan fingerprint density at radius 1 is 0.836 bits per heavy atom. The van der Waals surface area contributed by atoms with Crippen molar-refractivity contribution in [2.24, 2.45) is 11.7 Å². The van der Waals surface area contributed by atoms with Gasteiger partial charge in [0.15, 0.2) is 0 Å². The lowest BCUT2D eigenvalue weighted by molar-refractivity contribution is -0.179. The number of hydrogen-bond acceptors (Lipinski definition) is 12. The van der Waals surface area contributed by atoms with Gasteiger partial charge in [0.25, 0.3) is 0 Å². The lowest BCUT2D eigenvalue weighted by Crippen LogP contribution is -2.59. The van der Waals surface area contributed by atoms with Crippen molar-refractivity contribution < 1.29 is 38.6 Å². The standard InChI is InChI=1S/C56H53N9O8/c1-36(38-16-5-2-6-17-38)61-55(71)64-43-25-24-37(15-13-26-58-53(57)70)35-42(43)56(52(64)69)45(50(67)62-29-31-63(32-30-62)54-59-27-14-28-60-54)47-51(68)73-48(40-20-9-4-10-21-40)46(39-18-7-3-8-19-39)65(47)49(56)41-22-11-12-23-44(41)72-34-33-66/h2-12,14,16-25,27-28,35-36,45-49,66H,26,29-34H2,1H3,(H,61,71)(H3,57,58,70)/t36-,45-,46-,47-,48+,49+,56-/m1/s1. The second-order valence-corrected chi connectivity index (χ2v) is 18.2. The number of amides is 6. The van der Waals surface area contributed by atoms with E-state index in [0.717, 1.165) is 16.0 Å². The monoisotopic (exact) mass is 979 g/mol. The number of nitrogens with zero attached hydrogens (tertiary/aromatic N) is 6. The number of urea groups is 2. The summed E-state index contributed by atoms with van der Waals surface area (Å²) < 4.78 is 13.0. The summed E-state index contributed by atoms with van der Waals surface area (Å²) >= 11 is 0. The number of imide groups is 1. The number of fused-ring (bicyclic) bond motifs is 3. The van der Waals surface area contributed by atoms with Gasteiger partial charge in [0, 0.05) is 49.7 Å². The van der Waals surface area contributed by atoms with E-state index in [0.29, 0.717) is 35.7 Å². The summed E-state index contributed by atoms with van der Waals surface area (Å²) in [6, 6.07) is 36.3. The zero-order chi connectivity index (χ0) is 50.6. The molecule has 6 amide bonds. The number of morpholine rings is 1. The molecule has 5 aromatic carbocycles. The Morgan fingerprint density at radius 2 is 1.49 bits per heavy atom. The van der Waals surface area contributed by atoms with Crippen molar-refractivity contribution in [1.82, 2.24) is 30.4 Å². The largest absolute Gasteiger partial charge is 0.491 e. The third-order valence-corrected chi connectivity index (χ3v) is 14.1. The molecule has 7 atom stereocenters. The Balaban J connectivity index is 1.25. The third-order valence-electron chi connectivity index (χ3n) is 14.1. The minimum absolute atomic E-state index is 0.0942. The van der Waals surface area contributed by atoms with Crippen molar-refractivity contribution in [2.45, 2.75) is 42.6 Å². The molecule has 10 rings (SSSR count). The van der Waals surface area contributed by atoms with Crippen LogP contribution in [0.5, 0.6) is 5.75 Å². The highest BCUT2D eigenvalue weighted by molar-refractivity contribution is 6.24. The molecule has 1 spiro atoms. The Hall–Kier alpha value is -8.59. The maximum Gasteiger partial charge on any atom is 0.329 e. The van der Waals surface area contributed by atoms with Crippen molar-refractivity contribution in [1.29, 1.82) is 0 Å². The predicted octanol–water partition coefficient (Wildman–Crippen LogP) is 5.35. The van der Waals surface area contributed by atoms with Crippen molar-refractivity contribution in [3.05, 3.63) is 185 Å². The van der Waals surface area contributed by atoms with Gasteiger partial charge in [-0.15, -0.1) is 0 Å². The van der Waals surface area contributed by atoms with Crippen LogP contribution >= 0.6 is 0 Å². The number of aliphatic hydroxyl groups is 1. The SMILES string of the molecule is C[C@@H](NC(=O)N1C(=O)[C@@]2(c3cc(C#CCNC(N)=O)ccc31)[C@H](c1ccccc1OCCO)N1[C@H](c3ccccc3)[C@H](c3ccccc3)OC(=O)[C@H]1[C@@H]2C(=O)N1CCN(c2ncccn2)CC1)c1ccccc1. The molecule has 3 saturated heterocycles. The van der Waals surface area contributed by atoms with E-state index in [4.69, 9.17) is 15.2 Å². The van der Waals surface area contributed by atoms with Gasteiger partial charge in [-0.1, -0.05) is 121 Å². The first kappa shape index (κ1) is 48.1. The number of ether oxygens (including phenoxy) is 2. The lowest BCUT2D eigenvalue weighted by Gasteiger charge is -2.46. The summed E-state index contributed by atoms with van der Waals surface area (Å²) in [5.74, 6) is 3.23. The molecule has 17 heteroatoms. The molecule has 370 valence electrons. The first-order valence-electron chi connectivity index (χ1n) is 24.2. The Kier molecular flexibility index (Phi) is 13.6. The predicted molar refractivity (Wildman–Crippen MR) is 270 cm³/mol. The van der Waals surface area contributed by atoms with Crippen LogP contribution in [0.1, 0.15) is 64.5 Å². The highest BCUT2D eigenvalue weighted by Gasteiger charge is 2.76. The van der Waals surface area contributed by atoms with Crippen LogP contribution in [0, 0.1) is 17.8 Å². The van der Waals surface area contributed by atoms with Crippen LogP contribution in [0.4, 0.5) is 21.2 Å². The number of nitrogens with two attached hydrogens (primary N) is 1. The zero-order valence-corrected chi connectivity index (χ0v) is 39.9. The summed E-state index contributed by atoms with van der Waals surface area (Å²) in [6.45, 7) is 2.30. The second kappa shape index (κ2) is 20.6. The van der Waals surface area contributed by atoms with Crippen molar-refractivity contribution in [3.8, 4) is 17.6 Å². The molecule has 3 fully saturated rings. The first-order chi connectivity index (χ1) is 35.6. The average Bonchev–Trinajstić information content (AvgIpc) is 3.88. The van der Waals surface area contributed by atoms with Crippen LogP contribution in [0.25, 0.3) is 0 Å². The van der Waals surface area contributed by atoms with Crippen molar-refractivity contribution in [2.75, 3.05) is 55.7 Å². The maximum absolute atomic E-state index is 16.9. The number of aliphatic hydroxyl groups excluding tert-OH is 1. The normalized spacial score (nSPS) is 22.6. The Morgan fingerprint density at radius 3 is 2.18 bits per heavy atom. The number of cyclic esters (lactones) is 1. The average molecular weight is 980 g/mol. The van der Waals surface area contributed by atoms with Crippen LogP contribution in [-0.4, -0.2) is 107 Å². The van der Waals surface area contributed by atoms with Gasteiger partial charge >= 0.3 is 18.0 Å². The molecule has 5 N–H and O–H groups in total. The van der Waals surface area contributed by atoms with E-state index in [2.05, 4.69) is 32.4 Å². The van der Waals surface area contributed by atoms with E-state index < -0.39 is 71.5 Å². The minimum atomic E-state index is -2.11. The summed E-state index contributed by atoms with van der Waals surface area (Å²) in [7, 11) is 0. The van der Waals surface area contributed by atoms with Crippen LogP contribution in [0.2, 0.25) is 0 Å². The molecule has 0 bridgehead atoms. The lowest BCUT2D eigenvalue weighted by atomic mass is 9.64. The molecule has 4 aliphatic heterocycles. The van der Waals surface area contributed by atoms with E-state index in [9.17, 15) is 9.90 Å². The number of carbonyl (C=O) groups excluding carboxylic acids is 5. The molecule has 0 radical (unpaired) electrons. The summed E-state index contributed by atoms with van der Waals surface area (Å²) in [6.07, 6.45) is 2.34. The van der Waals surface area contributed by atoms with Gasteiger partial charge in [-0.3, -0.25) is 19.3 Å². The van der Waals surface area contributed by atoms with Crippen LogP contribution in [0.3, 0.4) is 0 Å². The summed E-state index contributed by atoms with van der Waals surface area (Å²) in [5.41, 5.74) is 6.69. The van der Waals surface area contributed by atoms with Crippen molar-refractivity contribution >= 4 is 41.5 Å². The topological polar surface area (TPSA) is 213 Å². The highest BCUT2D eigenvalue weighted by atomic mass is 16.6. The molecule has 0 saturated carbocycles. The summed E-state index contributed by atoms with van der Waals surface area (Å²) in [5, 5.41) is 15.7. The first-order valence-corrected chi connectivity index (χ1v) is 24.2. The van der Waals surface area contributed by atoms with E-state index >= 15 is 19.2 Å². The zero-order valence-electron chi connectivity index (χ0n) is 39.9. The molecule has 5 heterocycles. The van der Waals surface area contributed by atoms with Gasteiger partial charge in [-0.25, -0.2) is 24.5 Å². The maximum atomic E-state index is 16.9. The highest BCUT2D eigenvalue weighted by Crippen LogP contribution is 2.67. The number of nitrogens with one attached hydrogen (secondary N) is 2. The molecule has 0 unspecified atom stereocenters. The van der Waals surface area contributed by atoms with Crippen LogP contribution in [-0.2, 0) is 24.5 Å². The quantitative estimate of drug-likeness (QED) is 0.0956. The van der Waals surface area contributed by atoms with E-state index in [1.54, 1.807) is 65.8 Å². The number of para-hydroxylation sites is 1. The molecule has 4 aliphatic rings. The molecule has 6 aromatic rings.